The molecule has 0 aromatic carbocycles. The summed E-state index contributed by atoms with van der Waals surface area (Å²) >= 11 is 0. The lowest BCUT2D eigenvalue weighted by Crippen LogP contribution is -2.49. The molecule has 0 saturated heterocycles. The minimum atomic E-state index is -0.560. The molecule has 0 unspecified atom stereocenters. The third-order valence-corrected chi connectivity index (χ3v) is 2.77. The van der Waals surface area contributed by atoms with Crippen LogP contribution in [0.2, 0.25) is 0 Å². The van der Waals surface area contributed by atoms with Gasteiger partial charge < -0.3 is 10.4 Å². The predicted octanol–water partition coefficient (Wildman–Crippen LogP) is 1.33. The van der Waals surface area contributed by atoms with Crippen LogP contribution in [-0.2, 0) is 9.59 Å². The largest absolute Gasteiger partial charge is 0.390 e. The maximum atomic E-state index is 12.0. The van der Waals surface area contributed by atoms with Gasteiger partial charge in [0.2, 0.25) is 11.8 Å². The lowest BCUT2D eigenvalue weighted by atomic mass is 10.0. The van der Waals surface area contributed by atoms with Gasteiger partial charge in [-0.1, -0.05) is 40.2 Å². The predicted molar refractivity (Wildman–Crippen MR) is 75.3 cm³/mol. The van der Waals surface area contributed by atoms with Crippen LogP contribution in [-0.4, -0.2) is 29.6 Å². The molecular weight excluding hydrogens is 244 g/mol. The Kier molecular flexibility index (Phi) is 8.87. The van der Waals surface area contributed by atoms with E-state index in [9.17, 15) is 9.59 Å². The molecule has 3 N–H and O–H groups in total. The molecule has 0 aliphatic heterocycles. The van der Waals surface area contributed by atoms with E-state index in [2.05, 4.69) is 24.1 Å². The maximum Gasteiger partial charge on any atom is 0.249 e. The van der Waals surface area contributed by atoms with Crippen molar-refractivity contribution >= 4 is 11.8 Å². The summed E-state index contributed by atoms with van der Waals surface area (Å²) in [4.78, 5) is 23.5. The molecule has 110 valence electrons. The number of nitrogens with one attached hydrogen (secondary N) is 2. The minimum absolute atomic E-state index is 0.00765. The molecule has 0 bridgehead atoms. The third kappa shape index (κ3) is 7.62. The Morgan fingerprint density at radius 1 is 1.26 bits per heavy atom. The average molecular weight is 270 g/mol. The summed E-state index contributed by atoms with van der Waals surface area (Å²) in [5, 5.41) is 14.1. The molecule has 0 rings (SSSR count). The molecule has 0 fully saturated rings. The van der Waals surface area contributed by atoms with Gasteiger partial charge in [-0.05, 0) is 12.3 Å². The normalized spacial score (nSPS) is 12.1. The number of imide groups is 1. The Morgan fingerprint density at radius 3 is 2.37 bits per heavy atom. The molecule has 0 aliphatic rings. The van der Waals surface area contributed by atoms with Gasteiger partial charge in [-0.25, -0.2) is 0 Å². The van der Waals surface area contributed by atoms with Crippen molar-refractivity contribution in [3.8, 4) is 0 Å². The Hall–Kier alpha value is -1.36. The van der Waals surface area contributed by atoms with Gasteiger partial charge >= 0.3 is 0 Å². The van der Waals surface area contributed by atoms with Crippen LogP contribution in [0.1, 0.15) is 46.5 Å². The second kappa shape index (κ2) is 9.55. The zero-order valence-electron chi connectivity index (χ0n) is 12.2. The van der Waals surface area contributed by atoms with Crippen molar-refractivity contribution in [1.29, 1.82) is 0 Å². The number of aliphatic hydroxyl groups is 1. The fourth-order valence-corrected chi connectivity index (χ4v) is 1.61. The third-order valence-electron chi connectivity index (χ3n) is 2.77. The molecule has 5 heteroatoms. The first-order valence-electron chi connectivity index (χ1n) is 6.81. The topological polar surface area (TPSA) is 78.4 Å². The molecule has 5 nitrogen and oxygen atoms in total. The van der Waals surface area contributed by atoms with Crippen LogP contribution in [0.5, 0.6) is 0 Å². The van der Waals surface area contributed by atoms with Crippen molar-refractivity contribution < 1.29 is 14.7 Å². The Bertz CT molecular complexity index is 314. The van der Waals surface area contributed by atoms with Gasteiger partial charge in [-0.2, -0.15) is 0 Å². The molecule has 0 aliphatic carbocycles. The van der Waals surface area contributed by atoms with Crippen molar-refractivity contribution in [3.05, 3.63) is 12.3 Å². The lowest BCUT2D eigenvalue weighted by molar-refractivity contribution is -0.132. The van der Waals surface area contributed by atoms with Crippen LogP contribution in [0.15, 0.2) is 12.3 Å². The second-order valence-corrected chi connectivity index (χ2v) is 5.00. The van der Waals surface area contributed by atoms with Gasteiger partial charge in [0.05, 0.1) is 6.61 Å². The molecule has 0 heterocycles. The number of rotatable bonds is 9. The highest BCUT2D eigenvalue weighted by atomic mass is 16.3. The van der Waals surface area contributed by atoms with E-state index >= 15 is 0 Å². The molecule has 0 radical (unpaired) electrons. The standard InChI is InChI=1S/C14H26N2O3/c1-5-6-7-8-12(18)16-14(19)13(10(2)3)15-11(4)9-17/h10,13,15,17H,4-9H2,1-3H3,(H,16,18,19)/t13-/m0/s1. The van der Waals surface area contributed by atoms with E-state index < -0.39 is 6.04 Å². The summed E-state index contributed by atoms with van der Waals surface area (Å²) in [7, 11) is 0. The van der Waals surface area contributed by atoms with Crippen LogP contribution in [0, 0.1) is 5.92 Å². The second-order valence-electron chi connectivity index (χ2n) is 5.00. The summed E-state index contributed by atoms with van der Waals surface area (Å²) in [5.74, 6) is -0.627. The Labute approximate surface area is 115 Å². The first-order valence-corrected chi connectivity index (χ1v) is 6.81. The number of hydrogen-bond donors (Lipinski definition) is 3. The fourth-order valence-electron chi connectivity index (χ4n) is 1.61. The van der Waals surface area contributed by atoms with Gasteiger partial charge in [0.1, 0.15) is 6.04 Å². The highest BCUT2D eigenvalue weighted by molar-refractivity contribution is 5.97. The number of aliphatic hydroxyl groups excluding tert-OH is 1. The number of hydrogen-bond acceptors (Lipinski definition) is 4. The summed E-state index contributed by atoms with van der Waals surface area (Å²) < 4.78 is 0. The molecule has 0 aromatic rings. The van der Waals surface area contributed by atoms with E-state index in [1.54, 1.807) is 0 Å². The average Bonchev–Trinajstić information content (AvgIpc) is 2.35. The van der Waals surface area contributed by atoms with Crippen LogP contribution in [0.4, 0.5) is 0 Å². The van der Waals surface area contributed by atoms with Gasteiger partial charge in [-0.15, -0.1) is 0 Å². The van der Waals surface area contributed by atoms with E-state index in [1.165, 1.54) is 0 Å². The number of unbranched alkanes of at least 4 members (excludes halogenated alkanes) is 2. The Morgan fingerprint density at radius 2 is 1.89 bits per heavy atom. The lowest BCUT2D eigenvalue weighted by Gasteiger charge is -2.22. The van der Waals surface area contributed by atoms with E-state index in [-0.39, 0.29) is 24.3 Å². The van der Waals surface area contributed by atoms with E-state index in [1.807, 2.05) is 13.8 Å². The quantitative estimate of drug-likeness (QED) is 0.552. The van der Waals surface area contributed by atoms with Crippen molar-refractivity contribution in [2.45, 2.75) is 52.5 Å². The van der Waals surface area contributed by atoms with Crippen LogP contribution in [0.25, 0.3) is 0 Å². The van der Waals surface area contributed by atoms with Crippen LogP contribution in [0.3, 0.4) is 0 Å². The zero-order valence-corrected chi connectivity index (χ0v) is 12.2. The molecule has 2 amide bonds. The summed E-state index contributed by atoms with van der Waals surface area (Å²) in [6.07, 6.45) is 3.17. The smallest absolute Gasteiger partial charge is 0.249 e. The summed E-state index contributed by atoms with van der Waals surface area (Å²) in [6, 6.07) is -0.560. The van der Waals surface area contributed by atoms with Crippen LogP contribution < -0.4 is 10.6 Å². The maximum absolute atomic E-state index is 12.0. The highest BCUT2D eigenvalue weighted by Gasteiger charge is 2.23. The van der Waals surface area contributed by atoms with E-state index in [4.69, 9.17) is 5.11 Å². The Balaban J connectivity index is 4.32. The van der Waals surface area contributed by atoms with Crippen LogP contribution >= 0.6 is 0 Å². The van der Waals surface area contributed by atoms with E-state index in [0.717, 1.165) is 19.3 Å². The van der Waals surface area contributed by atoms with Gasteiger partial charge in [0.25, 0.3) is 0 Å². The monoisotopic (exact) mass is 270 g/mol. The van der Waals surface area contributed by atoms with Crippen molar-refractivity contribution in [2.75, 3.05) is 6.61 Å². The van der Waals surface area contributed by atoms with Crippen molar-refractivity contribution in [2.24, 2.45) is 5.92 Å². The molecule has 19 heavy (non-hydrogen) atoms. The van der Waals surface area contributed by atoms with Crippen molar-refractivity contribution in [3.63, 3.8) is 0 Å². The molecule has 1 atom stereocenters. The first-order chi connectivity index (χ1) is 8.92. The van der Waals surface area contributed by atoms with Gasteiger partial charge in [-0.3, -0.25) is 14.9 Å². The SMILES string of the molecule is C=C(CO)N[C@H](C(=O)NC(=O)CCCCC)C(C)C. The molecule has 0 spiro atoms. The van der Waals surface area contributed by atoms with Crippen molar-refractivity contribution in [1.82, 2.24) is 10.6 Å². The van der Waals surface area contributed by atoms with Gasteiger partial charge in [0, 0.05) is 12.1 Å². The number of carbonyl (C=O) groups excluding carboxylic acids is 2. The number of carbonyl (C=O) groups is 2. The first kappa shape index (κ1) is 17.6. The summed E-state index contributed by atoms with van der Waals surface area (Å²) in [6.45, 7) is 9.14. The van der Waals surface area contributed by atoms with Gasteiger partial charge in [0.15, 0.2) is 0 Å². The molecule has 0 saturated carbocycles. The fraction of sp³-hybridized carbons (Fsp3) is 0.714. The minimum Gasteiger partial charge on any atom is -0.390 e. The number of amides is 2. The highest BCUT2D eigenvalue weighted by Crippen LogP contribution is 2.05. The molecule has 0 aromatic heterocycles. The zero-order chi connectivity index (χ0) is 14.8. The van der Waals surface area contributed by atoms with E-state index in [0.29, 0.717) is 12.1 Å². The molecular formula is C14H26N2O3. The summed E-state index contributed by atoms with van der Waals surface area (Å²) in [5.41, 5.74) is 0.368.